The lowest BCUT2D eigenvalue weighted by Gasteiger charge is -2.10. The molecule has 1 aromatic heterocycles. The third-order valence-corrected chi connectivity index (χ3v) is 3.65. The molecule has 7 heteroatoms. The zero-order valence-corrected chi connectivity index (χ0v) is 11.1. The third-order valence-electron chi connectivity index (χ3n) is 1.67. The van der Waals surface area contributed by atoms with Crippen molar-refractivity contribution in [1.82, 2.24) is 14.9 Å². The first kappa shape index (κ1) is 12.7. The highest BCUT2D eigenvalue weighted by atomic mass is 79.9. The SMILES string of the molecule is CN(C)CCSc1ncnc(NN)c1Br. The molecular formula is C8H14BrN5S. The first-order valence-corrected chi connectivity index (χ1v) is 6.17. The van der Waals surface area contributed by atoms with Crippen molar-refractivity contribution in [2.24, 2.45) is 5.84 Å². The molecule has 1 rings (SSSR count). The average molecular weight is 292 g/mol. The second-order valence-corrected chi connectivity index (χ2v) is 5.01. The zero-order valence-electron chi connectivity index (χ0n) is 8.70. The number of nitrogen functional groups attached to an aromatic ring is 1. The van der Waals surface area contributed by atoms with Crippen molar-refractivity contribution < 1.29 is 0 Å². The Morgan fingerprint density at radius 3 is 2.87 bits per heavy atom. The van der Waals surface area contributed by atoms with E-state index in [1.54, 1.807) is 11.8 Å². The van der Waals surface area contributed by atoms with Gasteiger partial charge in [0.2, 0.25) is 0 Å². The normalized spacial score (nSPS) is 10.7. The van der Waals surface area contributed by atoms with Crippen LogP contribution in [0.25, 0.3) is 0 Å². The van der Waals surface area contributed by atoms with Crippen LogP contribution in [0.15, 0.2) is 15.8 Å². The van der Waals surface area contributed by atoms with Gasteiger partial charge in [0, 0.05) is 12.3 Å². The Labute approximate surface area is 102 Å². The minimum atomic E-state index is 0.609. The summed E-state index contributed by atoms with van der Waals surface area (Å²) in [5, 5.41) is 0.903. The van der Waals surface area contributed by atoms with Crippen LogP contribution in [0, 0.1) is 0 Å². The van der Waals surface area contributed by atoms with Crippen molar-refractivity contribution in [2.45, 2.75) is 5.03 Å². The van der Waals surface area contributed by atoms with Crippen molar-refractivity contribution >= 4 is 33.5 Å². The molecule has 1 aromatic rings. The molecule has 0 radical (unpaired) electrons. The van der Waals surface area contributed by atoms with Crippen molar-refractivity contribution in [3.8, 4) is 0 Å². The molecule has 0 aliphatic carbocycles. The van der Waals surface area contributed by atoms with E-state index in [1.807, 2.05) is 14.1 Å². The molecular weight excluding hydrogens is 278 g/mol. The first-order chi connectivity index (χ1) is 7.15. The van der Waals surface area contributed by atoms with E-state index in [1.165, 1.54) is 6.33 Å². The van der Waals surface area contributed by atoms with Crippen LogP contribution in [0.3, 0.4) is 0 Å². The molecule has 5 nitrogen and oxygen atoms in total. The molecule has 0 spiro atoms. The second kappa shape index (κ2) is 6.26. The maximum absolute atomic E-state index is 5.31. The van der Waals surface area contributed by atoms with Crippen LogP contribution in [0.1, 0.15) is 0 Å². The number of hydrazine groups is 1. The second-order valence-electron chi connectivity index (χ2n) is 3.14. The van der Waals surface area contributed by atoms with Gasteiger partial charge in [-0.15, -0.1) is 11.8 Å². The molecule has 3 N–H and O–H groups in total. The van der Waals surface area contributed by atoms with Crippen molar-refractivity contribution in [1.29, 1.82) is 0 Å². The molecule has 15 heavy (non-hydrogen) atoms. The van der Waals surface area contributed by atoms with Gasteiger partial charge in [-0.25, -0.2) is 15.8 Å². The summed E-state index contributed by atoms with van der Waals surface area (Å²) < 4.78 is 0.816. The van der Waals surface area contributed by atoms with Gasteiger partial charge in [-0.3, -0.25) is 0 Å². The molecule has 0 fully saturated rings. The van der Waals surface area contributed by atoms with E-state index in [0.717, 1.165) is 21.8 Å². The monoisotopic (exact) mass is 291 g/mol. The van der Waals surface area contributed by atoms with E-state index in [2.05, 4.69) is 36.2 Å². The smallest absolute Gasteiger partial charge is 0.158 e. The predicted molar refractivity (Wildman–Crippen MR) is 66.8 cm³/mol. The largest absolute Gasteiger partial charge is 0.309 e. The van der Waals surface area contributed by atoms with Crippen LogP contribution in [-0.4, -0.2) is 41.3 Å². The Kier molecular flexibility index (Phi) is 5.30. The summed E-state index contributed by atoms with van der Waals surface area (Å²) in [4.78, 5) is 10.3. The summed E-state index contributed by atoms with van der Waals surface area (Å²) in [6.45, 7) is 1.01. The fraction of sp³-hybridized carbons (Fsp3) is 0.500. The van der Waals surface area contributed by atoms with E-state index in [4.69, 9.17) is 5.84 Å². The fourth-order valence-corrected chi connectivity index (χ4v) is 2.54. The number of nitrogens with zero attached hydrogens (tertiary/aromatic N) is 3. The van der Waals surface area contributed by atoms with Gasteiger partial charge in [-0.05, 0) is 30.0 Å². The molecule has 0 aliphatic rings. The van der Waals surface area contributed by atoms with E-state index in [-0.39, 0.29) is 0 Å². The summed E-state index contributed by atoms with van der Waals surface area (Å²) >= 11 is 5.08. The van der Waals surface area contributed by atoms with Gasteiger partial charge in [0.15, 0.2) is 5.82 Å². The summed E-state index contributed by atoms with van der Waals surface area (Å²) in [5.74, 6) is 6.90. The van der Waals surface area contributed by atoms with Gasteiger partial charge in [0.25, 0.3) is 0 Å². The number of nitrogens with one attached hydrogen (secondary N) is 1. The van der Waals surface area contributed by atoms with Crippen LogP contribution in [0.2, 0.25) is 0 Å². The minimum Gasteiger partial charge on any atom is -0.309 e. The zero-order chi connectivity index (χ0) is 11.3. The molecule has 0 aromatic carbocycles. The lowest BCUT2D eigenvalue weighted by atomic mass is 10.6. The minimum absolute atomic E-state index is 0.609. The van der Waals surface area contributed by atoms with E-state index in [0.29, 0.717) is 5.82 Å². The number of rotatable bonds is 5. The van der Waals surface area contributed by atoms with Gasteiger partial charge in [0.05, 0.1) is 4.47 Å². The molecule has 84 valence electrons. The predicted octanol–water partition coefficient (Wildman–Crippen LogP) is 1.18. The molecule has 1 heterocycles. The van der Waals surface area contributed by atoms with Crippen LogP contribution in [0.4, 0.5) is 5.82 Å². The Balaban J connectivity index is 2.61. The van der Waals surface area contributed by atoms with Crippen molar-refractivity contribution in [2.75, 3.05) is 31.8 Å². The van der Waals surface area contributed by atoms with E-state index in [9.17, 15) is 0 Å². The van der Waals surface area contributed by atoms with Gasteiger partial charge in [-0.1, -0.05) is 0 Å². The summed E-state index contributed by atoms with van der Waals surface area (Å²) in [6.07, 6.45) is 1.50. The quantitative estimate of drug-likeness (QED) is 0.368. The lowest BCUT2D eigenvalue weighted by Crippen LogP contribution is -2.15. The molecule has 0 unspecified atom stereocenters. The van der Waals surface area contributed by atoms with Crippen LogP contribution < -0.4 is 11.3 Å². The number of hydrogen-bond donors (Lipinski definition) is 2. The number of hydrogen-bond acceptors (Lipinski definition) is 6. The van der Waals surface area contributed by atoms with Crippen molar-refractivity contribution in [3.63, 3.8) is 0 Å². The van der Waals surface area contributed by atoms with Crippen LogP contribution in [-0.2, 0) is 0 Å². The lowest BCUT2D eigenvalue weighted by molar-refractivity contribution is 0.437. The molecule has 0 saturated heterocycles. The highest BCUT2D eigenvalue weighted by Gasteiger charge is 2.07. The topological polar surface area (TPSA) is 67.1 Å². The average Bonchev–Trinajstić information content (AvgIpc) is 2.20. The highest BCUT2D eigenvalue weighted by molar-refractivity contribution is 9.10. The number of nitrogens with two attached hydrogens (primary N) is 1. The van der Waals surface area contributed by atoms with Crippen LogP contribution in [0.5, 0.6) is 0 Å². The van der Waals surface area contributed by atoms with Crippen molar-refractivity contribution in [3.05, 3.63) is 10.8 Å². The third kappa shape index (κ3) is 3.94. The van der Waals surface area contributed by atoms with E-state index >= 15 is 0 Å². The maximum Gasteiger partial charge on any atom is 0.158 e. The van der Waals surface area contributed by atoms with Crippen LogP contribution >= 0.6 is 27.7 Å². The van der Waals surface area contributed by atoms with Gasteiger partial charge in [-0.2, -0.15) is 0 Å². The number of anilines is 1. The summed E-state index contributed by atoms with van der Waals surface area (Å²) in [6, 6.07) is 0. The Bertz CT molecular complexity index is 320. The molecule has 0 atom stereocenters. The Morgan fingerprint density at radius 2 is 2.27 bits per heavy atom. The molecule has 0 saturated carbocycles. The number of aromatic nitrogens is 2. The Morgan fingerprint density at radius 1 is 1.53 bits per heavy atom. The summed E-state index contributed by atoms with van der Waals surface area (Å²) in [7, 11) is 4.09. The van der Waals surface area contributed by atoms with Gasteiger partial charge < -0.3 is 10.3 Å². The highest BCUT2D eigenvalue weighted by Crippen LogP contribution is 2.29. The van der Waals surface area contributed by atoms with Gasteiger partial charge >= 0.3 is 0 Å². The first-order valence-electron chi connectivity index (χ1n) is 4.39. The molecule has 0 amide bonds. The molecule has 0 bridgehead atoms. The summed E-state index contributed by atoms with van der Waals surface area (Å²) in [5.41, 5.74) is 2.51. The number of halogens is 1. The molecule has 0 aliphatic heterocycles. The standard InChI is InChI=1S/C8H14BrN5S/c1-14(2)3-4-15-8-6(9)7(13-10)11-5-12-8/h5H,3-4,10H2,1-2H3,(H,11,12,13). The van der Waals surface area contributed by atoms with Gasteiger partial charge in [0.1, 0.15) is 11.4 Å². The van der Waals surface area contributed by atoms with E-state index < -0.39 is 0 Å². The number of thioether (sulfide) groups is 1. The Hall–Kier alpha value is -0.370. The fourth-order valence-electron chi connectivity index (χ4n) is 0.880. The maximum atomic E-state index is 5.31.